The second kappa shape index (κ2) is 7.69. The lowest BCUT2D eigenvalue weighted by Gasteiger charge is -2.12. The molecule has 0 radical (unpaired) electrons. The first-order valence-electron chi connectivity index (χ1n) is 7.11. The van der Waals surface area contributed by atoms with Crippen molar-refractivity contribution in [1.29, 1.82) is 0 Å². The second-order valence-corrected chi connectivity index (χ2v) is 5.27. The Kier molecular flexibility index (Phi) is 5.65. The number of rotatable bonds is 4. The number of aryl methyl sites for hydroxylation is 1. The number of ether oxygens (including phenoxy) is 1. The third-order valence-corrected chi connectivity index (χ3v) is 3.21. The van der Waals surface area contributed by atoms with Crippen LogP contribution in [0.5, 0.6) is 0 Å². The predicted molar refractivity (Wildman–Crippen MR) is 93.4 cm³/mol. The zero-order chi connectivity index (χ0) is 16.8. The van der Waals surface area contributed by atoms with E-state index < -0.39 is 5.97 Å². The first-order valence-corrected chi connectivity index (χ1v) is 7.51. The molecular weight excluding hydrogens is 315 g/mol. The summed E-state index contributed by atoms with van der Waals surface area (Å²) >= 11 is 5.18. The third-order valence-electron chi connectivity index (χ3n) is 3.00. The van der Waals surface area contributed by atoms with Crippen molar-refractivity contribution in [3.8, 4) is 0 Å². The van der Waals surface area contributed by atoms with Gasteiger partial charge in [-0.15, -0.1) is 0 Å². The molecule has 0 fully saturated rings. The number of hydrogen-bond acceptors (Lipinski definition) is 3. The minimum absolute atomic E-state index is 0.232. The van der Waals surface area contributed by atoms with Gasteiger partial charge in [0.15, 0.2) is 5.11 Å². The van der Waals surface area contributed by atoms with Gasteiger partial charge in [-0.1, -0.05) is 12.1 Å². The first kappa shape index (κ1) is 16.9. The molecule has 23 heavy (non-hydrogen) atoms. The summed E-state index contributed by atoms with van der Waals surface area (Å²) in [5, 5.41) is 5.95. The molecule has 2 N–H and O–H groups in total. The van der Waals surface area contributed by atoms with Crippen molar-refractivity contribution in [2.75, 3.05) is 17.2 Å². The Morgan fingerprint density at radius 2 is 2.00 bits per heavy atom. The Morgan fingerprint density at radius 1 is 1.22 bits per heavy atom. The smallest absolute Gasteiger partial charge is 0.338 e. The van der Waals surface area contributed by atoms with Crippen LogP contribution < -0.4 is 10.6 Å². The summed E-state index contributed by atoms with van der Waals surface area (Å²) in [7, 11) is 0. The summed E-state index contributed by atoms with van der Waals surface area (Å²) in [6.45, 7) is 3.92. The van der Waals surface area contributed by atoms with Gasteiger partial charge in [0.05, 0.1) is 17.9 Å². The molecule has 0 unspecified atom stereocenters. The quantitative estimate of drug-likeness (QED) is 0.651. The fraction of sp³-hybridized carbons (Fsp3) is 0.176. The maximum absolute atomic E-state index is 13.7. The van der Waals surface area contributed by atoms with Crippen LogP contribution in [-0.2, 0) is 4.74 Å². The summed E-state index contributed by atoms with van der Waals surface area (Å²) in [6, 6.07) is 11.5. The number of carbonyl (C=O) groups excluding carboxylic acids is 1. The van der Waals surface area contributed by atoms with Gasteiger partial charge in [-0.2, -0.15) is 0 Å². The van der Waals surface area contributed by atoms with Gasteiger partial charge >= 0.3 is 5.97 Å². The minimum atomic E-state index is -0.403. The Balaban J connectivity index is 2.07. The van der Waals surface area contributed by atoms with Crippen LogP contribution >= 0.6 is 12.2 Å². The highest BCUT2D eigenvalue weighted by Gasteiger charge is 2.08. The Labute approximate surface area is 139 Å². The summed E-state index contributed by atoms with van der Waals surface area (Å²) < 4.78 is 18.7. The molecule has 0 spiro atoms. The van der Waals surface area contributed by atoms with E-state index in [4.69, 9.17) is 17.0 Å². The van der Waals surface area contributed by atoms with Gasteiger partial charge in [0.1, 0.15) is 5.82 Å². The molecule has 2 rings (SSSR count). The van der Waals surface area contributed by atoms with E-state index in [9.17, 15) is 9.18 Å². The normalized spacial score (nSPS) is 10.0. The summed E-state index contributed by atoms with van der Waals surface area (Å²) in [6.07, 6.45) is 0. The lowest BCUT2D eigenvalue weighted by Crippen LogP contribution is -2.20. The zero-order valence-corrected chi connectivity index (χ0v) is 13.7. The number of anilines is 2. The van der Waals surface area contributed by atoms with Crippen molar-refractivity contribution in [3.63, 3.8) is 0 Å². The average Bonchev–Trinajstić information content (AvgIpc) is 2.51. The summed E-state index contributed by atoms with van der Waals surface area (Å²) in [5.41, 5.74) is 2.24. The second-order valence-electron chi connectivity index (χ2n) is 4.86. The number of carbonyl (C=O) groups is 1. The van der Waals surface area contributed by atoms with E-state index in [0.717, 1.165) is 5.56 Å². The van der Waals surface area contributed by atoms with Crippen LogP contribution in [-0.4, -0.2) is 17.7 Å². The first-order chi connectivity index (χ1) is 11.0. The standard InChI is InChI=1S/C17H17FN2O2S/c1-3-22-16(21)12-5-4-6-13(10-12)19-17(23)20-15-9-11(2)7-8-14(15)18/h4-10H,3H2,1-2H3,(H2,19,20,23). The molecule has 0 amide bonds. The van der Waals surface area contributed by atoms with Crippen molar-refractivity contribution in [3.05, 3.63) is 59.4 Å². The van der Waals surface area contributed by atoms with Gasteiger partial charge in [0, 0.05) is 5.69 Å². The van der Waals surface area contributed by atoms with Gasteiger partial charge in [-0.05, 0) is 62.0 Å². The molecular formula is C17H17FN2O2S. The number of halogens is 1. The van der Waals surface area contributed by atoms with Crippen molar-refractivity contribution >= 4 is 34.7 Å². The van der Waals surface area contributed by atoms with Crippen LogP contribution in [0, 0.1) is 12.7 Å². The lowest BCUT2D eigenvalue weighted by molar-refractivity contribution is 0.0526. The molecule has 4 nitrogen and oxygen atoms in total. The molecule has 0 atom stereocenters. The summed E-state index contributed by atoms with van der Waals surface area (Å²) in [4.78, 5) is 11.7. The Bertz CT molecular complexity index is 734. The van der Waals surface area contributed by atoms with E-state index in [1.807, 2.05) is 6.92 Å². The molecule has 0 aliphatic carbocycles. The van der Waals surface area contributed by atoms with E-state index in [2.05, 4.69) is 10.6 Å². The SMILES string of the molecule is CCOC(=O)c1cccc(NC(=S)Nc2cc(C)ccc2F)c1. The van der Waals surface area contributed by atoms with Crippen molar-refractivity contribution < 1.29 is 13.9 Å². The van der Waals surface area contributed by atoms with Gasteiger partial charge in [0.25, 0.3) is 0 Å². The molecule has 0 aliphatic rings. The van der Waals surface area contributed by atoms with Crippen molar-refractivity contribution in [2.24, 2.45) is 0 Å². The van der Waals surface area contributed by atoms with E-state index in [-0.39, 0.29) is 10.9 Å². The molecule has 2 aromatic rings. The maximum atomic E-state index is 13.7. The highest BCUT2D eigenvalue weighted by Crippen LogP contribution is 2.17. The van der Waals surface area contributed by atoms with E-state index in [1.54, 1.807) is 43.3 Å². The van der Waals surface area contributed by atoms with Gasteiger partial charge in [-0.25, -0.2) is 9.18 Å². The van der Waals surface area contributed by atoms with Crippen LogP contribution in [0.3, 0.4) is 0 Å². The zero-order valence-electron chi connectivity index (χ0n) is 12.9. The van der Waals surface area contributed by atoms with E-state index in [1.165, 1.54) is 6.07 Å². The minimum Gasteiger partial charge on any atom is -0.462 e. The number of thiocarbonyl (C=S) groups is 1. The average molecular weight is 332 g/mol. The molecule has 0 heterocycles. The number of benzene rings is 2. The molecule has 0 saturated heterocycles. The molecule has 2 aromatic carbocycles. The van der Waals surface area contributed by atoms with E-state index >= 15 is 0 Å². The molecule has 120 valence electrons. The molecule has 6 heteroatoms. The number of hydrogen-bond donors (Lipinski definition) is 2. The van der Waals surface area contributed by atoms with Gasteiger partial charge in [0.2, 0.25) is 0 Å². The highest BCUT2D eigenvalue weighted by molar-refractivity contribution is 7.80. The Hall–Kier alpha value is -2.47. The van der Waals surface area contributed by atoms with Crippen molar-refractivity contribution in [2.45, 2.75) is 13.8 Å². The highest BCUT2D eigenvalue weighted by atomic mass is 32.1. The molecule has 0 aliphatic heterocycles. The Morgan fingerprint density at radius 3 is 2.74 bits per heavy atom. The van der Waals surface area contributed by atoms with Gasteiger partial charge < -0.3 is 15.4 Å². The fourth-order valence-corrected chi connectivity index (χ4v) is 2.19. The maximum Gasteiger partial charge on any atom is 0.338 e. The van der Waals surface area contributed by atoms with Crippen LogP contribution in [0.1, 0.15) is 22.8 Å². The predicted octanol–water partition coefficient (Wildman–Crippen LogP) is 4.12. The number of nitrogens with one attached hydrogen (secondary N) is 2. The van der Waals surface area contributed by atoms with Crippen LogP contribution in [0.15, 0.2) is 42.5 Å². The van der Waals surface area contributed by atoms with Crippen LogP contribution in [0.25, 0.3) is 0 Å². The summed E-state index contributed by atoms with van der Waals surface area (Å²) in [5.74, 6) is -0.792. The monoisotopic (exact) mass is 332 g/mol. The van der Waals surface area contributed by atoms with Crippen LogP contribution in [0.4, 0.5) is 15.8 Å². The molecule has 0 aromatic heterocycles. The molecule has 0 bridgehead atoms. The van der Waals surface area contributed by atoms with Crippen molar-refractivity contribution in [1.82, 2.24) is 0 Å². The largest absolute Gasteiger partial charge is 0.462 e. The molecule has 0 saturated carbocycles. The van der Waals surface area contributed by atoms with E-state index in [0.29, 0.717) is 23.5 Å². The third kappa shape index (κ3) is 4.75. The topological polar surface area (TPSA) is 50.4 Å². The van der Waals surface area contributed by atoms with Crippen LogP contribution in [0.2, 0.25) is 0 Å². The lowest BCUT2D eigenvalue weighted by atomic mass is 10.2. The fourth-order valence-electron chi connectivity index (χ4n) is 1.96. The van der Waals surface area contributed by atoms with Gasteiger partial charge in [-0.3, -0.25) is 0 Å². The number of esters is 1.